The number of carbonyl (C=O) groups excluding carboxylic acids is 1. The Balaban J connectivity index is 2.24. The van der Waals surface area contributed by atoms with E-state index in [1.807, 2.05) is 0 Å². The van der Waals surface area contributed by atoms with Gasteiger partial charge in [0.25, 0.3) is 5.91 Å². The van der Waals surface area contributed by atoms with Crippen molar-refractivity contribution >= 4 is 11.9 Å². The third-order valence-electron chi connectivity index (χ3n) is 3.60. The van der Waals surface area contributed by atoms with Gasteiger partial charge in [-0.1, -0.05) is 12.8 Å². The Hall–Kier alpha value is -1.78. The molecule has 0 unspecified atom stereocenters. The molecule has 0 bridgehead atoms. The minimum absolute atomic E-state index is 0.0400. The predicted molar refractivity (Wildman–Crippen MR) is 69.1 cm³/mol. The van der Waals surface area contributed by atoms with Crippen LogP contribution >= 0.6 is 0 Å². The van der Waals surface area contributed by atoms with E-state index in [2.05, 4.69) is 0 Å². The maximum absolute atomic E-state index is 12.5. The molecule has 19 heavy (non-hydrogen) atoms. The predicted octanol–water partition coefficient (Wildman–Crippen LogP) is 2.37. The van der Waals surface area contributed by atoms with Crippen LogP contribution in [0.5, 0.6) is 0 Å². The highest BCUT2D eigenvalue weighted by Crippen LogP contribution is 2.26. The van der Waals surface area contributed by atoms with Gasteiger partial charge in [0.2, 0.25) is 0 Å². The summed E-state index contributed by atoms with van der Waals surface area (Å²) in [5, 5.41) is 9.00. The quantitative estimate of drug-likeness (QED) is 0.907. The number of aliphatic carboxylic acids is 1. The van der Waals surface area contributed by atoms with Crippen molar-refractivity contribution < 1.29 is 19.1 Å². The average Bonchev–Trinajstić information content (AvgIpc) is 2.94. The summed E-state index contributed by atoms with van der Waals surface area (Å²) in [5.41, 5.74) is 0.477. The van der Waals surface area contributed by atoms with Crippen LogP contribution in [0, 0.1) is 13.8 Å². The summed E-state index contributed by atoms with van der Waals surface area (Å²) in [6.45, 7) is 3.27. The fraction of sp³-hybridized carbons (Fsp3) is 0.571. The van der Waals surface area contributed by atoms with Gasteiger partial charge in [-0.15, -0.1) is 0 Å². The molecule has 5 heteroatoms. The number of carboxylic acids is 1. The van der Waals surface area contributed by atoms with E-state index in [0.717, 1.165) is 25.7 Å². The lowest BCUT2D eigenvalue weighted by atomic mass is 10.1. The normalized spacial score (nSPS) is 15.7. The van der Waals surface area contributed by atoms with Gasteiger partial charge in [0.05, 0.1) is 5.56 Å². The summed E-state index contributed by atoms with van der Waals surface area (Å²) < 4.78 is 5.36. The molecule has 1 fully saturated rings. The van der Waals surface area contributed by atoms with Crippen molar-refractivity contribution in [1.29, 1.82) is 0 Å². The molecule has 2 rings (SSSR count). The number of hydrogen-bond donors (Lipinski definition) is 1. The first-order chi connectivity index (χ1) is 8.99. The fourth-order valence-electron chi connectivity index (χ4n) is 2.73. The molecular formula is C14H19NO4. The van der Waals surface area contributed by atoms with E-state index in [0.29, 0.717) is 17.1 Å². The smallest absolute Gasteiger partial charge is 0.323 e. The van der Waals surface area contributed by atoms with E-state index < -0.39 is 5.97 Å². The van der Waals surface area contributed by atoms with E-state index in [1.165, 1.54) is 4.90 Å². The Morgan fingerprint density at radius 1 is 1.37 bits per heavy atom. The Kier molecular flexibility index (Phi) is 3.93. The molecule has 1 heterocycles. The minimum atomic E-state index is -0.974. The zero-order valence-electron chi connectivity index (χ0n) is 11.3. The van der Waals surface area contributed by atoms with E-state index in [9.17, 15) is 9.59 Å². The van der Waals surface area contributed by atoms with E-state index in [4.69, 9.17) is 9.52 Å². The molecule has 0 saturated heterocycles. The van der Waals surface area contributed by atoms with Crippen LogP contribution in [-0.2, 0) is 4.79 Å². The molecule has 1 amide bonds. The SMILES string of the molecule is Cc1cc(C(=O)N(CC(=O)O)C2CCCC2)c(C)o1. The van der Waals surface area contributed by atoms with E-state index in [-0.39, 0.29) is 18.5 Å². The first kappa shape index (κ1) is 13.6. The third-order valence-corrected chi connectivity index (χ3v) is 3.60. The number of aryl methyl sites for hydroxylation is 2. The highest BCUT2D eigenvalue weighted by Gasteiger charge is 2.30. The number of nitrogens with zero attached hydrogens (tertiary/aromatic N) is 1. The molecule has 1 aromatic heterocycles. The molecule has 1 aromatic rings. The zero-order chi connectivity index (χ0) is 14.0. The van der Waals surface area contributed by atoms with Crippen molar-refractivity contribution in [1.82, 2.24) is 4.90 Å². The Bertz CT molecular complexity index is 486. The summed E-state index contributed by atoms with van der Waals surface area (Å²) >= 11 is 0. The zero-order valence-corrected chi connectivity index (χ0v) is 11.3. The fourth-order valence-corrected chi connectivity index (χ4v) is 2.73. The number of amides is 1. The monoisotopic (exact) mass is 265 g/mol. The van der Waals surface area contributed by atoms with Crippen LogP contribution in [0.15, 0.2) is 10.5 Å². The highest BCUT2D eigenvalue weighted by atomic mass is 16.4. The maximum atomic E-state index is 12.5. The minimum Gasteiger partial charge on any atom is -0.480 e. The summed E-state index contributed by atoms with van der Waals surface area (Å²) in [6.07, 6.45) is 3.87. The van der Waals surface area contributed by atoms with Crippen molar-refractivity contribution in [2.75, 3.05) is 6.54 Å². The molecule has 1 aliphatic carbocycles. The number of furan rings is 1. The second-order valence-corrected chi connectivity index (χ2v) is 5.09. The maximum Gasteiger partial charge on any atom is 0.323 e. The van der Waals surface area contributed by atoms with Gasteiger partial charge < -0.3 is 14.4 Å². The standard InChI is InChI=1S/C14H19NO4/c1-9-7-12(10(2)19-9)14(18)15(8-13(16)17)11-5-3-4-6-11/h7,11H,3-6,8H2,1-2H3,(H,16,17). The van der Waals surface area contributed by atoms with Crippen molar-refractivity contribution in [2.45, 2.75) is 45.6 Å². The van der Waals surface area contributed by atoms with Gasteiger partial charge in [-0.25, -0.2) is 0 Å². The first-order valence-corrected chi connectivity index (χ1v) is 6.59. The molecule has 104 valence electrons. The second kappa shape index (κ2) is 5.47. The van der Waals surface area contributed by atoms with Gasteiger partial charge in [0, 0.05) is 6.04 Å². The molecule has 1 aliphatic rings. The molecule has 0 atom stereocenters. The van der Waals surface area contributed by atoms with Crippen molar-refractivity contribution in [2.24, 2.45) is 0 Å². The average molecular weight is 265 g/mol. The topological polar surface area (TPSA) is 70.8 Å². The molecular weight excluding hydrogens is 246 g/mol. The summed E-state index contributed by atoms with van der Waals surface area (Å²) in [5.74, 6) is 0.0141. The third kappa shape index (κ3) is 2.97. The van der Waals surface area contributed by atoms with Gasteiger partial charge in [-0.05, 0) is 32.8 Å². The van der Waals surface area contributed by atoms with Gasteiger partial charge in [0.1, 0.15) is 18.1 Å². The van der Waals surface area contributed by atoms with Crippen LogP contribution in [0.25, 0.3) is 0 Å². The Morgan fingerprint density at radius 2 is 2.00 bits per heavy atom. The second-order valence-electron chi connectivity index (χ2n) is 5.09. The number of carbonyl (C=O) groups is 2. The lowest BCUT2D eigenvalue weighted by Crippen LogP contribution is -2.42. The van der Waals surface area contributed by atoms with Crippen LogP contribution in [-0.4, -0.2) is 34.5 Å². The van der Waals surface area contributed by atoms with E-state index >= 15 is 0 Å². The van der Waals surface area contributed by atoms with Crippen LogP contribution in [0.4, 0.5) is 0 Å². The van der Waals surface area contributed by atoms with Gasteiger partial charge in [-0.2, -0.15) is 0 Å². The van der Waals surface area contributed by atoms with Crippen LogP contribution in [0.2, 0.25) is 0 Å². The molecule has 1 saturated carbocycles. The molecule has 0 radical (unpaired) electrons. The largest absolute Gasteiger partial charge is 0.480 e. The van der Waals surface area contributed by atoms with Crippen molar-refractivity contribution in [3.63, 3.8) is 0 Å². The van der Waals surface area contributed by atoms with Crippen molar-refractivity contribution in [3.8, 4) is 0 Å². The number of rotatable bonds is 4. The highest BCUT2D eigenvalue weighted by molar-refractivity contribution is 5.97. The molecule has 5 nitrogen and oxygen atoms in total. The summed E-state index contributed by atoms with van der Waals surface area (Å²) in [4.78, 5) is 25.0. The van der Waals surface area contributed by atoms with Gasteiger partial charge in [-0.3, -0.25) is 9.59 Å². The lowest BCUT2D eigenvalue weighted by Gasteiger charge is -2.27. The van der Waals surface area contributed by atoms with Gasteiger partial charge in [0.15, 0.2) is 0 Å². The summed E-state index contributed by atoms with van der Waals surface area (Å²) in [6, 6.07) is 1.72. The lowest BCUT2D eigenvalue weighted by molar-refractivity contribution is -0.138. The Morgan fingerprint density at radius 3 is 2.47 bits per heavy atom. The van der Waals surface area contributed by atoms with Crippen LogP contribution < -0.4 is 0 Å². The van der Waals surface area contributed by atoms with Gasteiger partial charge >= 0.3 is 5.97 Å². The first-order valence-electron chi connectivity index (χ1n) is 6.59. The van der Waals surface area contributed by atoms with Crippen LogP contribution in [0.1, 0.15) is 47.6 Å². The summed E-state index contributed by atoms with van der Waals surface area (Å²) in [7, 11) is 0. The molecule has 0 spiro atoms. The number of carboxylic acid groups (broad SMARTS) is 1. The van der Waals surface area contributed by atoms with E-state index in [1.54, 1.807) is 19.9 Å². The molecule has 0 aliphatic heterocycles. The Labute approximate surface area is 112 Å². The van der Waals surface area contributed by atoms with Crippen LogP contribution in [0.3, 0.4) is 0 Å². The molecule has 0 aromatic carbocycles. The molecule has 1 N–H and O–H groups in total. The van der Waals surface area contributed by atoms with Crippen molar-refractivity contribution in [3.05, 3.63) is 23.2 Å². The number of hydrogen-bond acceptors (Lipinski definition) is 3.